The summed E-state index contributed by atoms with van der Waals surface area (Å²) in [7, 11) is -2.14. The van der Waals surface area contributed by atoms with E-state index in [0.29, 0.717) is 37.1 Å². The van der Waals surface area contributed by atoms with Crippen LogP contribution in [0.1, 0.15) is 30.4 Å². The van der Waals surface area contributed by atoms with Gasteiger partial charge in [0.25, 0.3) is 5.91 Å². The number of ether oxygens (including phenoxy) is 1. The molecular weight excluding hydrogens is 574 g/mol. The van der Waals surface area contributed by atoms with Crippen LogP contribution in [0.15, 0.2) is 81.6 Å². The van der Waals surface area contributed by atoms with Crippen molar-refractivity contribution in [1.29, 1.82) is 0 Å². The Labute approximate surface area is 229 Å². The first-order valence-electron chi connectivity index (χ1n) is 11.3. The van der Waals surface area contributed by atoms with Crippen molar-refractivity contribution < 1.29 is 17.9 Å². The molecule has 2 N–H and O–H groups in total. The Morgan fingerprint density at radius 3 is 2.19 bits per heavy atom. The molecule has 0 fully saturated rings. The van der Waals surface area contributed by atoms with Crippen molar-refractivity contribution in [1.82, 2.24) is 9.71 Å². The lowest BCUT2D eigenvalue weighted by molar-refractivity contribution is 0.103. The Balaban J connectivity index is 1.58. The molecule has 1 heterocycles. The number of sulfonamides is 1. The number of rotatable bonds is 7. The number of hydrogen-bond acceptors (Lipinski definition) is 6. The maximum atomic E-state index is 13.1. The van der Waals surface area contributed by atoms with Gasteiger partial charge >= 0.3 is 0 Å². The van der Waals surface area contributed by atoms with Crippen LogP contribution in [0.3, 0.4) is 0 Å². The second kappa shape index (κ2) is 10.7. The fraction of sp³-hybridized carbons (Fsp3) is 0.185. The van der Waals surface area contributed by atoms with Crippen molar-refractivity contribution in [2.24, 2.45) is 0 Å². The molecule has 4 rings (SSSR count). The number of methoxy groups -OCH3 is 1. The van der Waals surface area contributed by atoms with Gasteiger partial charge in [0.05, 0.1) is 17.7 Å². The summed E-state index contributed by atoms with van der Waals surface area (Å²) in [5.41, 5.74) is 2.62. The number of nitrogens with zero attached hydrogens (tertiary/aromatic N) is 1. The molecule has 0 bridgehead atoms. The van der Waals surface area contributed by atoms with Crippen LogP contribution in [0, 0.1) is 0 Å². The van der Waals surface area contributed by atoms with Gasteiger partial charge in [-0.05, 0) is 84.7 Å². The fourth-order valence-electron chi connectivity index (χ4n) is 3.71. The SMILES string of the molecule is COc1ccc(-c2nc(Br)sc2C(=O)Nc2ccc(-c3ccccc3S(=O)(=O)NC(C)(C)C)cc2)cc1. The lowest BCUT2D eigenvalue weighted by Crippen LogP contribution is -2.40. The van der Waals surface area contributed by atoms with Crippen molar-refractivity contribution in [3.8, 4) is 28.1 Å². The second-order valence-electron chi connectivity index (χ2n) is 9.26. The zero-order valence-corrected chi connectivity index (χ0v) is 23.9. The first-order chi connectivity index (χ1) is 17.5. The van der Waals surface area contributed by atoms with Crippen LogP contribution in [-0.4, -0.2) is 32.0 Å². The molecule has 0 atom stereocenters. The topological polar surface area (TPSA) is 97.4 Å². The molecule has 0 aliphatic heterocycles. The van der Waals surface area contributed by atoms with E-state index in [4.69, 9.17) is 4.74 Å². The van der Waals surface area contributed by atoms with Crippen LogP contribution in [0.25, 0.3) is 22.4 Å². The quantitative estimate of drug-likeness (QED) is 0.250. The van der Waals surface area contributed by atoms with E-state index in [9.17, 15) is 13.2 Å². The van der Waals surface area contributed by atoms with E-state index in [1.807, 2.05) is 24.3 Å². The van der Waals surface area contributed by atoms with Gasteiger partial charge in [0.1, 0.15) is 10.6 Å². The molecule has 0 spiro atoms. The van der Waals surface area contributed by atoms with E-state index in [0.717, 1.165) is 5.56 Å². The standard InChI is InChI=1S/C27H26BrN3O4S2/c1-27(2,3)31-37(33,34)22-8-6-5-7-21(22)17-9-13-19(14-10-17)29-25(32)24-23(30-26(28)36-24)18-11-15-20(35-4)16-12-18/h5-16,31H,1-4H3,(H,29,32). The van der Waals surface area contributed by atoms with Crippen molar-refractivity contribution in [3.63, 3.8) is 0 Å². The summed E-state index contributed by atoms with van der Waals surface area (Å²) < 4.78 is 34.5. The first-order valence-corrected chi connectivity index (χ1v) is 14.4. The lowest BCUT2D eigenvalue weighted by atomic mass is 10.1. The van der Waals surface area contributed by atoms with Crippen molar-refractivity contribution in [2.45, 2.75) is 31.2 Å². The number of anilines is 1. The zero-order valence-electron chi connectivity index (χ0n) is 20.7. The molecule has 192 valence electrons. The number of thiazole rings is 1. The van der Waals surface area contributed by atoms with Crippen LogP contribution >= 0.6 is 27.3 Å². The van der Waals surface area contributed by atoms with Gasteiger partial charge < -0.3 is 10.1 Å². The molecule has 0 unspecified atom stereocenters. The fourth-order valence-corrected chi connectivity index (χ4v) is 6.73. The van der Waals surface area contributed by atoms with Crippen LogP contribution in [-0.2, 0) is 10.0 Å². The minimum absolute atomic E-state index is 0.195. The summed E-state index contributed by atoms with van der Waals surface area (Å²) in [6.07, 6.45) is 0. The van der Waals surface area contributed by atoms with Gasteiger partial charge in [0.2, 0.25) is 10.0 Å². The molecule has 1 aromatic heterocycles. The van der Waals surface area contributed by atoms with Crippen LogP contribution < -0.4 is 14.8 Å². The largest absolute Gasteiger partial charge is 0.497 e. The maximum Gasteiger partial charge on any atom is 0.268 e. The summed E-state index contributed by atoms with van der Waals surface area (Å²) in [6, 6.07) is 21.2. The van der Waals surface area contributed by atoms with E-state index in [2.05, 4.69) is 31.0 Å². The molecule has 0 aliphatic carbocycles. The number of nitrogens with one attached hydrogen (secondary N) is 2. The average molecular weight is 601 g/mol. The number of amides is 1. The normalized spacial score (nSPS) is 11.8. The zero-order chi connectivity index (χ0) is 26.8. The lowest BCUT2D eigenvalue weighted by Gasteiger charge is -2.21. The molecular formula is C27H26BrN3O4S2. The third kappa shape index (κ3) is 6.45. The van der Waals surface area contributed by atoms with Gasteiger partial charge in [-0.3, -0.25) is 4.79 Å². The number of carbonyl (C=O) groups is 1. The molecule has 1 amide bonds. The number of halogens is 1. The summed E-state index contributed by atoms with van der Waals surface area (Å²) in [5.74, 6) is 0.423. The van der Waals surface area contributed by atoms with Crippen molar-refractivity contribution in [3.05, 3.63) is 81.6 Å². The Hall–Kier alpha value is -3.05. The Morgan fingerprint density at radius 2 is 1.57 bits per heavy atom. The third-order valence-electron chi connectivity index (χ3n) is 5.24. The molecule has 3 aromatic carbocycles. The third-order valence-corrected chi connectivity index (χ3v) is 8.56. The summed E-state index contributed by atoms with van der Waals surface area (Å²) in [5, 5.41) is 2.91. The number of benzene rings is 3. The summed E-state index contributed by atoms with van der Waals surface area (Å²) in [4.78, 5) is 18.3. The van der Waals surface area contributed by atoms with E-state index in [1.54, 1.807) is 76.4 Å². The molecule has 37 heavy (non-hydrogen) atoms. The Morgan fingerprint density at radius 1 is 0.946 bits per heavy atom. The van der Waals surface area contributed by atoms with Crippen molar-refractivity contribution >= 4 is 48.9 Å². The minimum atomic E-state index is -3.73. The van der Waals surface area contributed by atoms with Crippen LogP contribution in [0.5, 0.6) is 5.75 Å². The average Bonchev–Trinajstić information content (AvgIpc) is 3.25. The molecule has 0 saturated heterocycles. The van der Waals surface area contributed by atoms with E-state index in [1.165, 1.54) is 11.3 Å². The first kappa shape index (κ1) is 27.0. The number of aromatic nitrogens is 1. The summed E-state index contributed by atoms with van der Waals surface area (Å²) in [6.45, 7) is 5.39. The number of carbonyl (C=O) groups excluding carboxylic acids is 1. The molecule has 4 aromatic rings. The second-order valence-corrected chi connectivity index (χ2v) is 13.2. The Bertz CT molecular complexity index is 1530. The van der Waals surface area contributed by atoms with Gasteiger partial charge in [-0.15, -0.1) is 11.3 Å². The highest BCUT2D eigenvalue weighted by molar-refractivity contribution is 9.11. The Kier molecular flexibility index (Phi) is 7.84. The van der Waals surface area contributed by atoms with Crippen LogP contribution in [0.2, 0.25) is 0 Å². The van der Waals surface area contributed by atoms with Gasteiger partial charge in [-0.1, -0.05) is 30.3 Å². The van der Waals surface area contributed by atoms with E-state index < -0.39 is 15.6 Å². The molecule has 10 heteroatoms. The van der Waals surface area contributed by atoms with Gasteiger partial charge in [0.15, 0.2) is 3.92 Å². The van der Waals surface area contributed by atoms with Gasteiger partial charge in [-0.25, -0.2) is 18.1 Å². The monoisotopic (exact) mass is 599 g/mol. The van der Waals surface area contributed by atoms with Gasteiger partial charge in [0, 0.05) is 22.4 Å². The molecule has 7 nitrogen and oxygen atoms in total. The van der Waals surface area contributed by atoms with Crippen molar-refractivity contribution in [2.75, 3.05) is 12.4 Å². The smallest absolute Gasteiger partial charge is 0.268 e. The predicted octanol–water partition coefficient (Wildman–Crippen LogP) is 6.58. The highest BCUT2D eigenvalue weighted by Crippen LogP contribution is 2.33. The molecule has 0 saturated carbocycles. The van der Waals surface area contributed by atoms with E-state index in [-0.39, 0.29) is 10.8 Å². The minimum Gasteiger partial charge on any atom is -0.497 e. The van der Waals surface area contributed by atoms with Gasteiger partial charge in [-0.2, -0.15) is 0 Å². The predicted molar refractivity (Wildman–Crippen MR) is 152 cm³/mol. The highest BCUT2D eigenvalue weighted by atomic mass is 79.9. The van der Waals surface area contributed by atoms with E-state index >= 15 is 0 Å². The maximum absolute atomic E-state index is 13.1. The summed E-state index contributed by atoms with van der Waals surface area (Å²) >= 11 is 4.63. The molecule has 0 radical (unpaired) electrons. The number of hydrogen-bond donors (Lipinski definition) is 2. The van der Waals surface area contributed by atoms with Crippen LogP contribution in [0.4, 0.5) is 5.69 Å². The highest BCUT2D eigenvalue weighted by Gasteiger charge is 2.25. The molecule has 0 aliphatic rings.